The average molecular weight is 408 g/mol. The standard InChI is InChI=1S/C23H25FN4O2/c1-2-27-12-4-7-19(15-27)28-21-10-9-18(24)14-20(21)25-23(28)17-6-3-5-16(13-17)8-11-22(29)26-30/h3,5-6,8-11,13-14,19,30H,2,4,7,12,15H2,1H3,(H,26,29)/t19-/m1/s1. The van der Waals surface area contributed by atoms with Crippen molar-refractivity contribution in [1.29, 1.82) is 0 Å². The van der Waals surface area contributed by atoms with Gasteiger partial charge in [-0.1, -0.05) is 25.1 Å². The van der Waals surface area contributed by atoms with Gasteiger partial charge in [-0.25, -0.2) is 14.9 Å². The van der Waals surface area contributed by atoms with Gasteiger partial charge in [-0.2, -0.15) is 0 Å². The molecule has 0 aliphatic carbocycles. The Kier molecular flexibility index (Phi) is 5.92. The van der Waals surface area contributed by atoms with E-state index in [1.54, 1.807) is 17.6 Å². The number of carbonyl (C=O) groups excluding carboxylic acids is 1. The van der Waals surface area contributed by atoms with E-state index in [0.717, 1.165) is 54.9 Å². The summed E-state index contributed by atoms with van der Waals surface area (Å²) >= 11 is 0. The van der Waals surface area contributed by atoms with Gasteiger partial charge in [-0.05, 0) is 55.8 Å². The summed E-state index contributed by atoms with van der Waals surface area (Å²) < 4.78 is 16.1. The minimum Gasteiger partial charge on any atom is -0.320 e. The smallest absolute Gasteiger partial charge is 0.267 e. The fourth-order valence-corrected chi connectivity index (χ4v) is 4.16. The van der Waals surface area contributed by atoms with Crippen molar-refractivity contribution in [3.63, 3.8) is 0 Å². The summed E-state index contributed by atoms with van der Waals surface area (Å²) in [5.41, 5.74) is 4.85. The van der Waals surface area contributed by atoms with Crippen LogP contribution in [0.2, 0.25) is 0 Å². The van der Waals surface area contributed by atoms with E-state index in [4.69, 9.17) is 10.2 Å². The zero-order chi connectivity index (χ0) is 21.1. The van der Waals surface area contributed by atoms with Crippen molar-refractivity contribution in [3.05, 3.63) is 59.9 Å². The number of amides is 1. The summed E-state index contributed by atoms with van der Waals surface area (Å²) in [6.07, 6.45) is 5.04. The number of likely N-dealkylation sites (tertiary alicyclic amines) is 1. The maximum absolute atomic E-state index is 13.9. The molecule has 1 saturated heterocycles. The Balaban J connectivity index is 1.81. The van der Waals surface area contributed by atoms with Crippen molar-refractivity contribution in [2.75, 3.05) is 19.6 Å². The fourth-order valence-electron chi connectivity index (χ4n) is 4.16. The first-order valence-electron chi connectivity index (χ1n) is 10.2. The van der Waals surface area contributed by atoms with Crippen molar-refractivity contribution in [2.24, 2.45) is 0 Å². The molecule has 4 rings (SSSR count). The van der Waals surface area contributed by atoms with Gasteiger partial charge in [0, 0.05) is 30.3 Å². The normalized spacial score (nSPS) is 17.6. The molecule has 1 atom stereocenters. The van der Waals surface area contributed by atoms with E-state index >= 15 is 0 Å². The lowest BCUT2D eigenvalue weighted by molar-refractivity contribution is -0.124. The van der Waals surface area contributed by atoms with Crippen LogP contribution >= 0.6 is 0 Å². The number of nitrogens with one attached hydrogen (secondary N) is 1. The lowest BCUT2D eigenvalue weighted by Crippen LogP contribution is -2.36. The third-order valence-corrected chi connectivity index (χ3v) is 5.63. The molecule has 1 aliphatic heterocycles. The van der Waals surface area contributed by atoms with Crippen LogP contribution in [0.3, 0.4) is 0 Å². The van der Waals surface area contributed by atoms with Crippen molar-refractivity contribution in [3.8, 4) is 11.4 Å². The number of hydrogen-bond acceptors (Lipinski definition) is 4. The molecule has 2 N–H and O–H groups in total. The molecular formula is C23H25FN4O2. The first-order valence-corrected chi connectivity index (χ1v) is 10.2. The number of hydrogen-bond donors (Lipinski definition) is 2. The van der Waals surface area contributed by atoms with Crippen molar-refractivity contribution < 1.29 is 14.4 Å². The average Bonchev–Trinajstić information content (AvgIpc) is 3.16. The largest absolute Gasteiger partial charge is 0.320 e. The predicted octanol–water partition coefficient (Wildman–Crippen LogP) is 4.02. The number of hydroxylamine groups is 1. The lowest BCUT2D eigenvalue weighted by atomic mass is 10.0. The van der Waals surface area contributed by atoms with Crippen molar-refractivity contribution >= 4 is 23.0 Å². The van der Waals surface area contributed by atoms with Gasteiger partial charge < -0.3 is 9.47 Å². The second-order valence-electron chi connectivity index (χ2n) is 7.56. The molecule has 7 heteroatoms. The van der Waals surface area contributed by atoms with Crippen LogP contribution < -0.4 is 5.48 Å². The highest BCUT2D eigenvalue weighted by molar-refractivity contribution is 5.91. The number of likely N-dealkylation sites (N-methyl/N-ethyl adjacent to an activating group) is 1. The van der Waals surface area contributed by atoms with Crippen LogP contribution in [0.4, 0.5) is 4.39 Å². The van der Waals surface area contributed by atoms with Crippen LogP contribution in [0.15, 0.2) is 48.5 Å². The number of carbonyl (C=O) groups is 1. The molecule has 156 valence electrons. The van der Waals surface area contributed by atoms with E-state index in [1.807, 2.05) is 24.3 Å². The predicted molar refractivity (Wildman–Crippen MR) is 114 cm³/mol. The molecule has 2 heterocycles. The van der Waals surface area contributed by atoms with Crippen molar-refractivity contribution in [2.45, 2.75) is 25.8 Å². The Morgan fingerprint density at radius 2 is 2.20 bits per heavy atom. The number of imidazole rings is 1. The van der Waals surface area contributed by atoms with Gasteiger partial charge in [0.25, 0.3) is 5.91 Å². The molecule has 30 heavy (non-hydrogen) atoms. The highest BCUT2D eigenvalue weighted by Crippen LogP contribution is 2.33. The van der Waals surface area contributed by atoms with Gasteiger partial charge in [0.1, 0.15) is 11.6 Å². The topological polar surface area (TPSA) is 70.4 Å². The number of nitrogens with zero attached hydrogens (tertiary/aromatic N) is 3. The zero-order valence-electron chi connectivity index (χ0n) is 16.9. The zero-order valence-corrected chi connectivity index (χ0v) is 16.9. The number of rotatable bonds is 5. The van der Waals surface area contributed by atoms with E-state index in [2.05, 4.69) is 16.4 Å². The minimum absolute atomic E-state index is 0.253. The van der Waals surface area contributed by atoms with E-state index in [-0.39, 0.29) is 11.9 Å². The molecule has 6 nitrogen and oxygen atoms in total. The van der Waals surface area contributed by atoms with E-state index in [1.165, 1.54) is 18.2 Å². The number of aromatic nitrogens is 2. The van der Waals surface area contributed by atoms with Crippen LogP contribution in [0.1, 0.15) is 31.4 Å². The quantitative estimate of drug-likeness (QED) is 0.380. The third kappa shape index (κ3) is 4.13. The summed E-state index contributed by atoms with van der Waals surface area (Å²) in [6.45, 7) is 5.20. The summed E-state index contributed by atoms with van der Waals surface area (Å²) in [5.74, 6) is -0.102. The summed E-state index contributed by atoms with van der Waals surface area (Å²) in [6, 6.07) is 12.7. The Hall–Kier alpha value is -3.03. The van der Waals surface area contributed by atoms with Crippen LogP contribution in [0.25, 0.3) is 28.5 Å². The second-order valence-corrected chi connectivity index (χ2v) is 7.56. The molecule has 0 bridgehead atoms. The van der Waals surface area contributed by atoms with E-state index < -0.39 is 5.91 Å². The van der Waals surface area contributed by atoms with Crippen LogP contribution in [-0.4, -0.2) is 45.2 Å². The first-order chi connectivity index (χ1) is 14.6. The maximum Gasteiger partial charge on any atom is 0.267 e. The second kappa shape index (κ2) is 8.77. The summed E-state index contributed by atoms with van der Waals surface area (Å²) in [7, 11) is 0. The molecule has 1 amide bonds. The first kappa shape index (κ1) is 20.3. The van der Waals surface area contributed by atoms with Crippen LogP contribution in [0, 0.1) is 5.82 Å². The van der Waals surface area contributed by atoms with Gasteiger partial charge in [0.15, 0.2) is 0 Å². The number of halogens is 1. The molecule has 1 aromatic heterocycles. The molecular weight excluding hydrogens is 383 g/mol. The SMILES string of the molecule is CCN1CCC[C@@H](n2c(-c3cccc(C=CC(=O)NO)c3)nc3cc(F)ccc32)C1. The Morgan fingerprint density at radius 3 is 3.00 bits per heavy atom. The molecule has 3 aromatic rings. The van der Waals surface area contributed by atoms with Gasteiger partial charge in [-0.3, -0.25) is 10.0 Å². The molecule has 0 saturated carbocycles. The van der Waals surface area contributed by atoms with E-state index in [9.17, 15) is 9.18 Å². The Morgan fingerprint density at radius 1 is 1.33 bits per heavy atom. The Labute approximate surface area is 174 Å². The molecule has 0 radical (unpaired) electrons. The third-order valence-electron chi connectivity index (χ3n) is 5.63. The Bertz CT molecular complexity index is 1090. The van der Waals surface area contributed by atoms with Crippen molar-refractivity contribution in [1.82, 2.24) is 19.9 Å². The van der Waals surface area contributed by atoms with Gasteiger partial charge >= 0.3 is 0 Å². The van der Waals surface area contributed by atoms with Crippen LogP contribution in [-0.2, 0) is 4.79 Å². The van der Waals surface area contributed by atoms with E-state index in [0.29, 0.717) is 5.52 Å². The monoisotopic (exact) mass is 408 g/mol. The minimum atomic E-state index is -0.593. The molecule has 1 aliphatic rings. The highest BCUT2D eigenvalue weighted by atomic mass is 19.1. The van der Waals surface area contributed by atoms with Gasteiger partial charge in [-0.15, -0.1) is 0 Å². The molecule has 2 aromatic carbocycles. The molecule has 1 fully saturated rings. The number of benzene rings is 2. The molecule has 0 unspecified atom stereocenters. The van der Waals surface area contributed by atoms with Gasteiger partial charge in [0.2, 0.25) is 0 Å². The molecule has 0 spiro atoms. The summed E-state index contributed by atoms with van der Waals surface area (Å²) in [4.78, 5) is 18.5. The highest BCUT2D eigenvalue weighted by Gasteiger charge is 2.25. The lowest BCUT2D eigenvalue weighted by Gasteiger charge is -2.33. The summed E-state index contributed by atoms with van der Waals surface area (Å²) in [5, 5.41) is 8.67. The van der Waals surface area contributed by atoms with Gasteiger partial charge in [0.05, 0.1) is 11.0 Å². The maximum atomic E-state index is 13.9. The number of piperidine rings is 1. The van der Waals surface area contributed by atoms with Crippen LogP contribution in [0.5, 0.6) is 0 Å². The fraction of sp³-hybridized carbons (Fsp3) is 0.304. The number of fused-ring (bicyclic) bond motifs is 1.